The number of urea groups is 1. The lowest BCUT2D eigenvalue weighted by molar-refractivity contribution is 0.201. The van der Waals surface area contributed by atoms with Crippen LogP contribution in [0.2, 0.25) is 0 Å². The van der Waals surface area contributed by atoms with E-state index in [2.05, 4.69) is 20.1 Å². The molecule has 2 heterocycles. The molecule has 1 N–H and O–H groups in total. The predicted molar refractivity (Wildman–Crippen MR) is 107 cm³/mol. The van der Waals surface area contributed by atoms with Gasteiger partial charge in [0.1, 0.15) is 5.82 Å². The molecular formula is C19H26FN5OS. The molecular weight excluding hydrogens is 365 g/mol. The van der Waals surface area contributed by atoms with Crippen LogP contribution in [0.15, 0.2) is 29.6 Å². The first-order chi connectivity index (χ1) is 13.0. The number of amides is 2. The van der Waals surface area contributed by atoms with Gasteiger partial charge < -0.3 is 15.1 Å². The minimum Gasteiger partial charge on any atom is -0.369 e. The fraction of sp³-hybridized carbons (Fsp3) is 0.474. The van der Waals surface area contributed by atoms with E-state index in [0.29, 0.717) is 13.1 Å². The fourth-order valence-corrected chi connectivity index (χ4v) is 3.74. The zero-order chi connectivity index (χ0) is 19.2. The van der Waals surface area contributed by atoms with Crippen molar-refractivity contribution < 1.29 is 9.18 Å². The number of nitrogens with zero attached hydrogens (tertiary/aromatic N) is 4. The number of hydrogen-bond donors (Lipinski definition) is 1. The Morgan fingerprint density at radius 2 is 1.96 bits per heavy atom. The molecule has 3 rings (SSSR count). The summed E-state index contributed by atoms with van der Waals surface area (Å²) in [6.07, 6.45) is 0. The van der Waals surface area contributed by atoms with Gasteiger partial charge in [0, 0.05) is 57.4 Å². The molecule has 2 amide bonds. The van der Waals surface area contributed by atoms with Crippen LogP contribution in [0.3, 0.4) is 0 Å². The van der Waals surface area contributed by atoms with Crippen molar-refractivity contribution in [3.63, 3.8) is 0 Å². The van der Waals surface area contributed by atoms with Crippen molar-refractivity contribution in [1.29, 1.82) is 0 Å². The van der Waals surface area contributed by atoms with E-state index >= 15 is 0 Å². The molecule has 146 valence electrons. The number of rotatable bonds is 6. The molecule has 1 aromatic carbocycles. The van der Waals surface area contributed by atoms with Crippen LogP contribution >= 0.6 is 11.3 Å². The molecule has 1 fully saturated rings. The van der Waals surface area contributed by atoms with Gasteiger partial charge in [0.25, 0.3) is 0 Å². The molecule has 0 spiro atoms. The van der Waals surface area contributed by atoms with Crippen LogP contribution in [0.25, 0.3) is 0 Å². The molecule has 6 nitrogen and oxygen atoms in total. The third-order valence-corrected chi connectivity index (χ3v) is 5.50. The number of nitrogens with one attached hydrogen (secondary N) is 1. The summed E-state index contributed by atoms with van der Waals surface area (Å²) in [5.74, 6) is -0.206. The van der Waals surface area contributed by atoms with Crippen LogP contribution in [0.1, 0.15) is 10.7 Å². The number of thiazole rings is 1. The summed E-state index contributed by atoms with van der Waals surface area (Å²) in [6, 6.07) is 6.57. The second-order valence-electron chi connectivity index (χ2n) is 6.75. The fourth-order valence-electron chi connectivity index (χ4n) is 3.13. The van der Waals surface area contributed by atoms with E-state index in [1.165, 1.54) is 12.1 Å². The molecule has 0 aliphatic carbocycles. The lowest BCUT2D eigenvalue weighted by Crippen LogP contribution is -2.49. The van der Waals surface area contributed by atoms with Crippen molar-refractivity contribution in [3.8, 4) is 0 Å². The molecule has 0 bridgehead atoms. The topological polar surface area (TPSA) is 51.7 Å². The lowest BCUT2D eigenvalue weighted by Gasteiger charge is -2.36. The minimum absolute atomic E-state index is 0.0781. The summed E-state index contributed by atoms with van der Waals surface area (Å²) < 4.78 is 13.0. The average molecular weight is 392 g/mol. The normalized spacial score (nSPS) is 15.0. The van der Waals surface area contributed by atoms with E-state index in [-0.39, 0.29) is 11.8 Å². The Balaban J connectivity index is 1.35. The van der Waals surface area contributed by atoms with Gasteiger partial charge >= 0.3 is 6.03 Å². The van der Waals surface area contributed by atoms with Gasteiger partial charge in [0.15, 0.2) is 0 Å². The second kappa shape index (κ2) is 9.14. The standard InChI is InChI=1S/C19H26FN5OS/c1-15-22-17(14-27-15)13-23(2)19(26)21-7-8-24-9-11-25(12-10-24)18-5-3-16(20)4-6-18/h3-6,14H,7-13H2,1-2H3,(H,21,26). The van der Waals surface area contributed by atoms with Crippen molar-refractivity contribution in [2.75, 3.05) is 51.2 Å². The van der Waals surface area contributed by atoms with E-state index in [4.69, 9.17) is 0 Å². The molecule has 2 aromatic rings. The predicted octanol–water partition coefficient (Wildman–Crippen LogP) is 2.55. The lowest BCUT2D eigenvalue weighted by atomic mass is 10.2. The van der Waals surface area contributed by atoms with Gasteiger partial charge in [-0.25, -0.2) is 14.2 Å². The van der Waals surface area contributed by atoms with Gasteiger partial charge in [-0.1, -0.05) is 0 Å². The van der Waals surface area contributed by atoms with Crippen LogP contribution < -0.4 is 10.2 Å². The highest BCUT2D eigenvalue weighted by molar-refractivity contribution is 7.09. The Morgan fingerprint density at radius 1 is 1.26 bits per heavy atom. The Kier molecular flexibility index (Phi) is 6.63. The number of carbonyl (C=O) groups is 1. The Bertz CT molecular complexity index is 743. The highest BCUT2D eigenvalue weighted by Gasteiger charge is 2.17. The highest BCUT2D eigenvalue weighted by Crippen LogP contribution is 2.16. The molecule has 1 saturated heterocycles. The molecule has 0 saturated carbocycles. The maximum Gasteiger partial charge on any atom is 0.317 e. The van der Waals surface area contributed by atoms with Crippen LogP contribution in [-0.2, 0) is 6.54 Å². The van der Waals surface area contributed by atoms with Crippen LogP contribution in [0, 0.1) is 12.7 Å². The zero-order valence-corrected chi connectivity index (χ0v) is 16.6. The summed E-state index contributed by atoms with van der Waals surface area (Å²) in [7, 11) is 1.78. The van der Waals surface area contributed by atoms with Crippen molar-refractivity contribution in [2.45, 2.75) is 13.5 Å². The number of halogens is 1. The van der Waals surface area contributed by atoms with E-state index in [1.54, 1.807) is 23.3 Å². The largest absolute Gasteiger partial charge is 0.369 e. The first-order valence-electron chi connectivity index (χ1n) is 9.14. The van der Waals surface area contributed by atoms with Gasteiger partial charge in [0.2, 0.25) is 0 Å². The summed E-state index contributed by atoms with van der Waals surface area (Å²) in [6.45, 7) is 7.60. The molecule has 0 unspecified atom stereocenters. The summed E-state index contributed by atoms with van der Waals surface area (Å²) in [5.41, 5.74) is 1.98. The van der Waals surface area contributed by atoms with Crippen LogP contribution in [0.4, 0.5) is 14.9 Å². The summed E-state index contributed by atoms with van der Waals surface area (Å²) in [5, 5.41) is 5.97. The number of anilines is 1. The molecule has 1 aliphatic heterocycles. The van der Waals surface area contributed by atoms with E-state index < -0.39 is 0 Å². The molecule has 0 atom stereocenters. The quantitative estimate of drug-likeness (QED) is 0.822. The third kappa shape index (κ3) is 5.64. The smallest absolute Gasteiger partial charge is 0.317 e. The van der Waals surface area contributed by atoms with Gasteiger partial charge in [-0.2, -0.15) is 0 Å². The van der Waals surface area contributed by atoms with Crippen LogP contribution in [0.5, 0.6) is 0 Å². The number of piperazine rings is 1. The maximum absolute atomic E-state index is 13.0. The Labute approximate surface area is 163 Å². The van der Waals surface area contributed by atoms with E-state index in [0.717, 1.165) is 49.1 Å². The molecule has 8 heteroatoms. The van der Waals surface area contributed by atoms with Gasteiger partial charge in [-0.3, -0.25) is 4.90 Å². The summed E-state index contributed by atoms with van der Waals surface area (Å²) >= 11 is 1.60. The highest BCUT2D eigenvalue weighted by atomic mass is 32.1. The van der Waals surface area contributed by atoms with Gasteiger partial charge in [-0.05, 0) is 31.2 Å². The Hall–Kier alpha value is -2.19. The van der Waals surface area contributed by atoms with E-state index in [1.807, 2.05) is 24.4 Å². The second-order valence-corrected chi connectivity index (χ2v) is 7.81. The minimum atomic E-state index is -0.206. The SMILES string of the molecule is Cc1nc(CN(C)C(=O)NCCN2CCN(c3ccc(F)cc3)CC2)cs1. The van der Waals surface area contributed by atoms with Crippen molar-refractivity contribution in [3.05, 3.63) is 46.2 Å². The number of aryl methyl sites for hydroxylation is 1. The number of aromatic nitrogens is 1. The molecule has 1 aliphatic rings. The van der Waals surface area contributed by atoms with Crippen LogP contribution in [-0.4, -0.2) is 67.1 Å². The first-order valence-corrected chi connectivity index (χ1v) is 10.0. The average Bonchev–Trinajstić information content (AvgIpc) is 3.07. The third-order valence-electron chi connectivity index (χ3n) is 4.68. The molecule has 1 aromatic heterocycles. The molecule has 0 radical (unpaired) electrons. The number of benzene rings is 1. The monoisotopic (exact) mass is 391 g/mol. The number of hydrogen-bond acceptors (Lipinski definition) is 5. The first kappa shape index (κ1) is 19.6. The van der Waals surface area contributed by atoms with Crippen molar-refractivity contribution in [2.24, 2.45) is 0 Å². The zero-order valence-electron chi connectivity index (χ0n) is 15.8. The van der Waals surface area contributed by atoms with Crippen molar-refractivity contribution in [1.82, 2.24) is 20.1 Å². The Morgan fingerprint density at radius 3 is 2.59 bits per heavy atom. The molecule has 27 heavy (non-hydrogen) atoms. The number of carbonyl (C=O) groups excluding carboxylic acids is 1. The van der Waals surface area contributed by atoms with Gasteiger partial charge in [-0.15, -0.1) is 11.3 Å². The van der Waals surface area contributed by atoms with E-state index in [9.17, 15) is 9.18 Å². The maximum atomic E-state index is 13.0. The summed E-state index contributed by atoms with van der Waals surface area (Å²) in [4.78, 5) is 22.8. The van der Waals surface area contributed by atoms with Crippen molar-refractivity contribution >= 4 is 23.1 Å². The van der Waals surface area contributed by atoms with Gasteiger partial charge in [0.05, 0.1) is 17.2 Å².